The van der Waals surface area contributed by atoms with E-state index >= 15 is 0 Å². The first-order valence-electron chi connectivity index (χ1n) is 22.9. The summed E-state index contributed by atoms with van der Waals surface area (Å²) in [5.74, 6) is -3.89. The monoisotopic (exact) mass is 902 g/mol. The molecule has 3 aliphatic heterocycles. The SMILES string of the molecule is C=CC(=O)N1CC[C@H](C(=O)N(C)[C@H](C(=O)NC2Cc3cc(O)cc(c3)-c3ccc4c(c3)c(c(-c3ccc(CC(=O)O)cc3)n4CC)CC(C)(C)COC(=O)[C@@H]3CCCN(N3)C2=O)C(C)C)C1. The lowest BCUT2D eigenvalue weighted by atomic mass is 9.84. The fraction of sp³-hybridized carbons (Fsp3) is 0.451. The van der Waals surface area contributed by atoms with E-state index in [2.05, 4.69) is 34.9 Å². The molecule has 2 fully saturated rings. The standard InChI is InChI=1S/C51H62N6O9/c1-8-43(59)55-20-18-35(28-55)48(63)54(7)45(30(3)4)47(62)52-41-23-32-21-36(25-37(58)22-32)34-16-17-42-38(26-34)39(46(56(42)9-2)33-14-12-31(13-15-33)24-44(60)61)27-51(5,6)29-66-50(65)40-11-10-19-57(53-40)49(41)64/h8,12-17,21-22,25-26,30,35,40-41,45,53,58H,1,9-11,18-20,23-24,27-29H2,2-7H3,(H,52,62)(H,60,61)/t35-,40-,41?,45-/m0/s1. The second-order valence-corrected chi connectivity index (χ2v) is 19.1. The number of hydrazine groups is 1. The Bertz CT molecular complexity index is 2550. The zero-order valence-corrected chi connectivity index (χ0v) is 38.8. The molecule has 3 aliphatic rings. The van der Waals surface area contributed by atoms with Gasteiger partial charge in [0, 0.05) is 56.0 Å². The van der Waals surface area contributed by atoms with Crippen LogP contribution in [-0.2, 0) is 59.3 Å². The van der Waals surface area contributed by atoms with Crippen LogP contribution in [0.15, 0.2) is 73.3 Å². The van der Waals surface area contributed by atoms with Crippen LogP contribution < -0.4 is 10.7 Å². The van der Waals surface area contributed by atoms with Crippen LogP contribution in [0.3, 0.4) is 0 Å². The molecule has 15 heteroatoms. The third kappa shape index (κ3) is 10.2. The van der Waals surface area contributed by atoms with Gasteiger partial charge in [0.15, 0.2) is 0 Å². The molecule has 4 aromatic rings. The molecule has 6 bridgehead atoms. The number of nitrogens with one attached hydrogen (secondary N) is 2. The van der Waals surface area contributed by atoms with Crippen molar-refractivity contribution in [2.45, 2.75) is 97.8 Å². The number of phenols is 1. The van der Waals surface area contributed by atoms with E-state index in [0.717, 1.165) is 33.3 Å². The molecule has 0 saturated carbocycles. The number of esters is 1. The van der Waals surface area contributed by atoms with Crippen molar-refractivity contribution in [2.24, 2.45) is 17.3 Å². The molecule has 0 spiro atoms. The number of carbonyl (C=O) groups excluding carboxylic acids is 5. The van der Waals surface area contributed by atoms with Crippen molar-refractivity contribution >= 4 is 46.5 Å². The molecule has 15 nitrogen and oxygen atoms in total. The number of aromatic hydroxyl groups is 1. The van der Waals surface area contributed by atoms with Crippen LogP contribution in [0.2, 0.25) is 0 Å². The summed E-state index contributed by atoms with van der Waals surface area (Å²) in [6, 6.07) is 15.8. The molecular formula is C51H62N6O9. The highest BCUT2D eigenvalue weighted by molar-refractivity contribution is 5.96. The minimum absolute atomic E-state index is 0.0289. The first-order chi connectivity index (χ1) is 31.4. The smallest absolute Gasteiger partial charge is 0.324 e. The fourth-order valence-electron chi connectivity index (χ4n) is 9.89. The topological polar surface area (TPSA) is 191 Å². The van der Waals surface area contributed by atoms with Gasteiger partial charge in [-0.15, -0.1) is 0 Å². The molecule has 66 heavy (non-hydrogen) atoms. The molecule has 7 rings (SSSR count). The lowest BCUT2D eigenvalue weighted by Gasteiger charge is -2.37. The van der Waals surface area contributed by atoms with Gasteiger partial charge in [0.2, 0.25) is 17.7 Å². The Morgan fingerprint density at radius 1 is 1.00 bits per heavy atom. The number of phenolic OH excluding ortho intramolecular Hbond substituents is 1. The number of benzene rings is 3. The highest BCUT2D eigenvalue weighted by Gasteiger charge is 2.40. The summed E-state index contributed by atoms with van der Waals surface area (Å²) in [4.78, 5) is 83.7. The number of amides is 4. The van der Waals surface area contributed by atoms with Gasteiger partial charge in [-0.2, -0.15) is 0 Å². The van der Waals surface area contributed by atoms with E-state index < -0.39 is 53.2 Å². The number of nitrogens with zero attached hydrogens (tertiary/aromatic N) is 4. The molecule has 2 saturated heterocycles. The molecule has 4 atom stereocenters. The molecular weight excluding hydrogens is 841 g/mol. The van der Waals surface area contributed by atoms with Crippen LogP contribution in [0.25, 0.3) is 33.3 Å². The summed E-state index contributed by atoms with van der Waals surface area (Å²) in [5.41, 5.74) is 9.16. The number of aryl methyl sites for hydroxylation is 1. The van der Waals surface area contributed by atoms with Crippen molar-refractivity contribution < 1.29 is 43.7 Å². The van der Waals surface area contributed by atoms with Gasteiger partial charge in [-0.1, -0.05) is 70.7 Å². The van der Waals surface area contributed by atoms with Crippen LogP contribution in [0, 0.1) is 17.3 Å². The number of aromatic nitrogens is 1. The summed E-state index contributed by atoms with van der Waals surface area (Å²) in [7, 11) is 1.57. The van der Waals surface area contributed by atoms with Gasteiger partial charge in [0.05, 0.1) is 24.6 Å². The third-order valence-electron chi connectivity index (χ3n) is 13.1. The summed E-state index contributed by atoms with van der Waals surface area (Å²) in [6.07, 6.45) is 2.97. The van der Waals surface area contributed by atoms with Gasteiger partial charge in [0.25, 0.3) is 5.91 Å². The molecule has 0 aliphatic carbocycles. The van der Waals surface area contributed by atoms with Crippen LogP contribution in [0.5, 0.6) is 5.75 Å². The van der Waals surface area contributed by atoms with Crippen molar-refractivity contribution in [3.05, 3.63) is 90.0 Å². The average molecular weight is 903 g/mol. The lowest BCUT2D eigenvalue weighted by Crippen LogP contribution is -2.62. The zero-order chi connectivity index (χ0) is 47.6. The van der Waals surface area contributed by atoms with Gasteiger partial charge in [-0.05, 0) is 102 Å². The van der Waals surface area contributed by atoms with E-state index in [1.807, 2.05) is 70.2 Å². The number of ether oxygens (including phenoxy) is 1. The highest BCUT2D eigenvalue weighted by atomic mass is 16.5. The van der Waals surface area contributed by atoms with Crippen LogP contribution in [-0.4, -0.2) is 117 Å². The van der Waals surface area contributed by atoms with Crippen LogP contribution >= 0.6 is 0 Å². The molecule has 4 amide bonds. The van der Waals surface area contributed by atoms with Gasteiger partial charge in [0.1, 0.15) is 23.9 Å². The highest BCUT2D eigenvalue weighted by Crippen LogP contribution is 2.41. The number of carbonyl (C=O) groups is 6. The third-order valence-corrected chi connectivity index (χ3v) is 13.1. The number of rotatable bonds is 10. The Hall–Kier alpha value is -6.48. The first-order valence-corrected chi connectivity index (χ1v) is 22.9. The fourth-order valence-corrected chi connectivity index (χ4v) is 9.89. The number of hydrogen-bond donors (Lipinski definition) is 4. The number of hydrogen-bond acceptors (Lipinski definition) is 9. The van der Waals surface area contributed by atoms with Gasteiger partial charge in [-0.3, -0.25) is 33.8 Å². The molecule has 4 N–H and O–H groups in total. The van der Waals surface area contributed by atoms with E-state index in [4.69, 9.17) is 4.74 Å². The summed E-state index contributed by atoms with van der Waals surface area (Å²) < 4.78 is 8.29. The van der Waals surface area contributed by atoms with Gasteiger partial charge >= 0.3 is 11.9 Å². The Labute approximate surface area is 385 Å². The van der Waals surface area contributed by atoms with Crippen LogP contribution in [0.1, 0.15) is 70.6 Å². The maximum absolute atomic E-state index is 14.7. The number of likely N-dealkylation sites (tertiary alicyclic amines) is 1. The van der Waals surface area contributed by atoms with E-state index in [1.165, 1.54) is 16.0 Å². The number of likely N-dealkylation sites (N-methyl/N-ethyl adjacent to an activating group) is 1. The minimum Gasteiger partial charge on any atom is -0.508 e. The van der Waals surface area contributed by atoms with Crippen molar-refractivity contribution in [2.75, 3.05) is 33.3 Å². The van der Waals surface area contributed by atoms with E-state index in [-0.39, 0.29) is 56.0 Å². The number of cyclic esters (lactones) is 1. The summed E-state index contributed by atoms with van der Waals surface area (Å²) >= 11 is 0. The second-order valence-electron chi connectivity index (χ2n) is 19.1. The van der Waals surface area contributed by atoms with Crippen molar-refractivity contribution in [1.29, 1.82) is 0 Å². The average Bonchev–Trinajstić information content (AvgIpc) is 3.90. The number of fused-ring (bicyclic) bond motifs is 6. The predicted molar refractivity (Wildman–Crippen MR) is 250 cm³/mol. The summed E-state index contributed by atoms with van der Waals surface area (Å²) in [5, 5.41) is 26.0. The van der Waals surface area contributed by atoms with E-state index in [9.17, 15) is 39.0 Å². The number of aliphatic carboxylic acids is 1. The van der Waals surface area contributed by atoms with E-state index in [0.29, 0.717) is 55.5 Å². The number of carboxylic acid groups (broad SMARTS) is 1. The molecule has 1 aromatic heterocycles. The molecule has 3 aromatic carbocycles. The Morgan fingerprint density at radius 3 is 2.41 bits per heavy atom. The Kier molecular flexibility index (Phi) is 14.1. The Balaban J connectivity index is 1.29. The molecule has 1 unspecified atom stereocenters. The lowest BCUT2D eigenvalue weighted by molar-refractivity contribution is -0.155. The predicted octanol–water partition coefficient (Wildman–Crippen LogP) is 5.49. The minimum atomic E-state index is -1.18. The zero-order valence-electron chi connectivity index (χ0n) is 38.8. The maximum Gasteiger partial charge on any atom is 0.324 e. The quantitative estimate of drug-likeness (QED) is 0.117. The largest absolute Gasteiger partial charge is 0.508 e. The van der Waals surface area contributed by atoms with Crippen LogP contribution in [0.4, 0.5) is 0 Å². The van der Waals surface area contributed by atoms with Gasteiger partial charge < -0.3 is 34.6 Å². The molecule has 350 valence electrons. The maximum atomic E-state index is 14.7. The van der Waals surface area contributed by atoms with Crippen molar-refractivity contribution in [1.82, 2.24) is 30.1 Å². The van der Waals surface area contributed by atoms with Crippen molar-refractivity contribution in [3.8, 4) is 28.1 Å². The normalized spacial score (nSPS) is 20.4. The number of carboxylic acids is 1. The molecule has 0 radical (unpaired) electrons. The van der Waals surface area contributed by atoms with E-state index in [1.54, 1.807) is 24.1 Å². The Morgan fingerprint density at radius 2 is 1.73 bits per heavy atom. The molecule has 4 heterocycles. The first kappa shape index (κ1) is 47.5. The summed E-state index contributed by atoms with van der Waals surface area (Å²) in [6.45, 7) is 14.9. The van der Waals surface area contributed by atoms with Crippen molar-refractivity contribution in [3.63, 3.8) is 0 Å². The van der Waals surface area contributed by atoms with Gasteiger partial charge in [-0.25, -0.2) is 5.43 Å². The second kappa shape index (κ2) is 19.5.